The molecule has 1 heterocycles. The molecule has 0 saturated heterocycles. The summed E-state index contributed by atoms with van der Waals surface area (Å²) < 4.78 is 3.21. The number of hydrogen-bond acceptors (Lipinski definition) is 2. The first-order chi connectivity index (χ1) is 10.1. The van der Waals surface area contributed by atoms with Gasteiger partial charge in [0.25, 0.3) is 0 Å². The minimum Gasteiger partial charge on any atom is -0.353 e. The first-order valence-corrected chi connectivity index (χ1v) is 8.87. The van der Waals surface area contributed by atoms with Crippen LogP contribution in [0.5, 0.6) is 0 Å². The fourth-order valence-corrected chi connectivity index (χ4v) is 3.84. The van der Waals surface area contributed by atoms with Crippen molar-refractivity contribution in [2.24, 2.45) is 0 Å². The van der Waals surface area contributed by atoms with Crippen molar-refractivity contribution in [1.29, 1.82) is 0 Å². The minimum absolute atomic E-state index is 0.530. The smallest absolute Gasteiger partial charge is 0.208 e. The van der Waals surface area contributed by atoms with E-state index in [-0.39, 0.29) is 0 Å². The highest BCUT2D eigenvalue weighted by Crippen LogP contribution is 2.28. The van der Waals surface area contributed by atoms with Gasteiger partial charge in [0.2, 0.25) is 5.95 Å². The number of aryl methyl sites for hydroxylation is 1. The summed E-state index contributed by atoms with van der Waals surface area (Å²) >= 11 is 8.68. The van der Waals surface area contributed by atoms with Crippen LogP contribution in [0.15, 0.2) is 24.4 Å². The zero-order valence-electron chi connectivity index (χ0n) is 12.1. The first kappa shape index (κ1) is 15.2. The summed E-state index contributed by atoms with van der Waals surface area (Å²) in [4.78, 5) is 4.64. The van der Waals surface area contributed by atoms with E-state index in [1.807, 2.05) is 19.2 Å². The second-order valence-electron chi connectivity index (χ2n) is 5.65. The van der Waals surface area contributed by atoms with Crippen LogP contribution in [-0.2, 0) is 0 Å². The Hall–Kier alpha value is -0.750. The van der Waals surface area contributed by atoms with Crippen LogP contribution in [0, 0.1) is 10.5 Å². The maximum atomic E-state index is 6.41. The molecule has 0 spiro atoms. The van der Waals surface area contributed by atoms with Gasteiger partial charge in [-0.2, -0.15) is 0 Å². The Labute approximate surface area is 144 Å². The molecule has 1 saturated carbocycles. The van der Waals surface area contributed by atoms with Crippen LogP contribution in [0.3, 0.4) is 0 Å². The van der Waals surface area contributed by atoms with Crippen molar-refractivity contribution in [3.8, 4) is 5.69 Å². The normalized spacial score (nSPS) is 16.1. The number of nitrogens with zero attached hydrogens (tertiary/aromatic N) is 2. The largest absolute Gasteiger partial charge is 0.353 e. The molecule has 5 heteroatoms. The number of halogens is 2. The molecule has 0 atom stereocenters. The van der Waals surface area contributed by atoms with Gasteiger partial charge in [-0.3, -0.25) is 4.57 Å². The van der Waals surface area contributed by atoms with Gasteiger partial charge in [-0.1, -0.05) is 30.9 Å². The molecular weight excluding hydrogens is 397 g/mol. The van der Waals surface area contributed by atoms with E-state index in [2.05, 4.69) is 49.6 Å². The van der Waals surface area contributed by atoms with Gasteiger partial charge in [0.1, 0.15) is 0 Å². The van der Waals surface area contributed by atoms with Crippen LogP contribution in [0.1, 0.15) is 37.8 Å². The molecule has 0 bridgehead atoms. The van der Waals surface area contributed by atoms with Crippen LogP contribution < -0.4 is 5.32 Å². The van der Waals surface area contributed by atoms with Crippen LogP contribution in [0.4, 0.5) is 5.95 Å². The number of imidazole rings is 1. The molecule has 0 radical (unpaired) electrons. The lowest BCUT2D eigenvalue weighted by atomic mass is 9.96. The summed E-state index contributed by atoms with van der Waals surface area (Å²) in [5.74, 6) is 0.905. The first-order valence-electron chi connectivity index (χ1n) is 7.41. The quantitative estimate of drug-likeness (QED) is 0.700. The Bertz CT molecular complexity index is 632. The molecule has 1 fully saturated rings. The van der Waals surface area contributed by atoms with Crippen molar-refractivity contribution in [1.82, 2.24) is 9.55 Å². The molecule has 0 aliphatic heterocycles. The number of rotatable bonds is 3. The molecular formula is C16H19ClIN3. The van der Waals surface area contributed by atoms with Gasteiger partial charge in [-0.05, 0) is 60.6 Å². The maximum Gasteiger partial charge on any atom is 0.208 e. The van der Waals surface area contributed by atoms with Gasteiger partial charge >= 0.3 is 0 Å². The Balaban J connectivity index is 1.91. The van der Waals surface area contributed by atoms with Crippen LogP contribution in [0.2, 0.25) is 5.02 Å². The molecule has 0 amide bonds. The molecule has 3 nitrogen and oxygen atoms in total. The van der Waals surface area contributed by atoms with Crippen molar-refractivity contribution in [3.05, 3.63) is 38.7 Å². The average Bonchev–Trinajstić information content (AvgIpc) is 2.80. The standard InChI is InChI=1S/C16H19ClIN3/c1-11-10-21(15-8-7-12(18)9-14(15)17)16(19-11)20-13-5-3-2-4-6-13/h7-10,13H,2-6H2,1H3,(H,19,20). The molecule has 1 aromatic heterocycles. The van der Waals surface area contributed by atoms with Crippen LogP contribution >= 0.6 is 34.2 Å². The second kappa shape index (κ2) is 6.57. The van der Waals surface area contributed by atoms with Gasteiger partial charge in [0.05, 0.1) is 16.4 Å². The molecule has 3 rings (SSSR count). The summed E-state index contributed by atoms with van der Waals surface area (Å²) in [6.07, 6.45) is 8.47. The highest BCUT2D eigenvalue weighted by molar-refractivity contribution is 14.1. The number of benzene rings is 1. The van der Waals surface area contributed by atoms with E-state index in [1.165, 1.54) is 32.1 Å². The number of nitrogens with one attached hydrogen (secondary N) is 1. The Morgan fingerprint density at radius 3 is 2.76 bits per heavy atom. The molecule has 0 unspecified atom stereocenters. The summed E-state index contributed by atoms with van der Waals surface area (Å²) in [6.45, 7) is 2.02. The Morgan fingerprint density at radius 2 is 2.05 bits per heavy atom. The molecule has 1 aromatic carbocycles. The average molecular weight is 416 g/mol. The van der Waals surface area contributed by atoms with Crippen molar-refractivity contribution in [2.45, 2.75) is 45.1 Å². The summed E-state index contributed by atoms with van der Waals surface area (Å²) in [6, 6.07) is 6.64. The molecule has 2 aromatic rings. The Morgan fingerprint density at radius 1 is 1.29 bits per heavy atom. The van der Waals surface area contributed by atoms with Crippen molar-refractivity contribution >= 4 is 40.1 Å². The van der Waals surface area contributed by atoms with Crippen molar-refractivity contribution in [2.75, 3.05) is 5.32 Å². The molecule has 1 N–H and O–H groups in total. The number of aromatic nitrogens is 2. The highest BCUT2D eigenvalue weighted by Gasteiger charge is 2.17. The molecule has 21 heavy (non-hydrogen) atoms. The molecule has 1 aliphatic rings. The van der Waals surface area contributed by atoms with E-state index in [0.29, 0.717) is 6.04 Å². The van der Waals surface area contributed by atoms with E-state index in [1.54, 1.807) is 0 Å². The summed E-state index contributed by atoms with van der Waals surface area (Å²) in [5.41, 5.74) is 1.99. The fourth-order valence-electron chi connectivity index (χ4n) is 2.89. The number of hydrogen-bond donors (Lipinski definition) is 1. The van der Waals surface area contributed by atoms with E-state index in [0.717, 1.165) is 25.9 Å². The monoisotopic (exact) mass is 415 g/mol. The van der Waals surface area contributed by atoms with E-state index in [4.69, 9.17) is 11.6 Å². The minimum atomic E-state index is 0.530. The number of anilines is 1. The van der Waals surface area contributed by atoms with Crippen LogP contribution in [0.25, 0.3) is 5.69 Å². The fraction of sp³-hybridized carbons (Fsp3) is 0.438. The second-order valence-corrected chi connectivity index (χ2v) is 7.30. The third-order valence-electron chi connectivity index (χ3n) is 3.93. The predicted molar refractivity (Wildman–Crippen MR) is 96.5 cm³/mol. The van der Waals surface area contributed by atoms with Gasteiger partial charge in [0.15, 0.2) is 0 Å². The van der Waals surface area contributed by atoms with Gasteiger partial charge in [0, 0.05) is 15.8 Å². The van der Waals surface area contributed by atoms with Crippen molar-refractivity contribution < 1.29 is 0 Å². The van der Waals surface area contributed by atoms with Gasteiger partial charge in [-0.15, -0.1) is 0 Å². The van der Waals surface area contributed by atoms with E-state index >= 15 is 0 Å². The lowest BCUT2D eigenvalue weighted by molar-refractivity contribution is 0.460. The van der Waals surface area contributed by atoms with Gasteiger partial charge < -0.3 is 5.32 Å². The van der Waals surface area contributed by atoms with Crippen molar-refractivity contribution in [3.63, 3.8) is 0 Å². The highest BCUT2D eigenvalue weighted by atomic mass is 127. The maximum absolute atomic E-state index is 6.41. The van der Waals surface area contributed by atoms with Gasteiger partial charge in [-0.25, -0.2) is 4.98 Å². The summed E-state index contributed by atoms with van der Waals surface area (Å²) in [5, 5.41) is 4.36. The third kappa shape index (κ3) is 3.54. The van der Waals surface area contributed by atoms with Crippen LogP contribution in [-0.4, -0.2) is 15.6 Å². The SMILES string of the molecule is Cc1cn(-c2ccc(I)cc2Cl)c(NC2CCCCC2)n1. The van der Waals surface area contributed by atoms with E-state index < -0.39 is 0 Å². The topological polar surface area (TPSA) is 29.9 Å². The molecule has 1 aliphatic carbocycles. The molecule has 112 valence electrons. The lowest BCUT2D eigenvalue weighted by Crippen LogP contribution is -2.24. The Kier molecular flexibility index (Phi) is 4.74. The lowest BCUT2D eigenvalue weighted by Gasteiger charge is -2.23. The zero-order valence-corrected chi connectivity index (χ0v) is 15.0. The predicted octanol–water partition coefficient (Wildman–Crippen LogP) is 5.18. The third-order valence-corrected chi connectivity index (χ3v) is 4.91. The zero-order chi connectivity index (χ0) is 14.8. The summed E-state index contributed by atoms with van der Waals surface area (Å²) in [7, 11) is 0. The van der Waals surface area contributed by atoms with E-state index in [9.17, 15) is 0 Å².